The maximum Gasteiger partial charge on any atom is 0.133 e. The van der Waals surface area contributed by atoms with Gasteiger partial charge in [-0.1, -0.05) is 0 Å². The van der Waals surface area contributed by atoms with Crippen LogP contribution in [0.4, 0.5) is 0 Å². The van der Waals surface area contributed by atoms with E-state index >= 15 is 0 Å². The van der Waals surface area contributed by atoms with Crippen molar-refractivity contribution in [3.63, 3.8) is 0 Å². The van der Waals surface area contributed by atoms with Gasteiger partial charge in [0.1, 0.15) is 24.2 Å². The molecule has 0 amide bonds. The van der Waals surface area contributed by atoms with Gasteiger partial charge in [-0.3, -0.25) is 0 Å². The highest BCUT2D eigenvalue weighted by Crippen LogP contribution is 2.18. The van der Waals surface area contributed by atoms with Gasteiger partial charge >= 0.3 is 0 Å². The van der Waals surface area contributed by atoms with Gasteiger partial charge in [-0.2, -0.15) is 0 Å². The zero-order valence-corrected chi connectivity index (χ0v) is 15.2. The number of aliphatic carboxylic acids is 2. The predicted molar refractivity (Wildman–Crippen MR) is 80.3 cm³/mol. The number of nitrogens with zero attached hydrogens (tertiary/aromatic N) is 2. The van der Waals surface area contributed by atoms with E-state index in [1.54, 1.807) is 13.8 Å². The molecule has 0 fully saturated rings. The highest BCUT2D eigenvalue weighted by molar-refractivity contribution is 5.73. The smallest absolute Gasteiger partial charge is 0.133 e. The van der Waals surface area contributed by atoms with E-state index < -0.39 is 23.6 Å². The topological polar surface area (TPSA) is 100 Å². The lowest BCUT2D eigenvalue weighted by Crippen LogP contribution is -2.64. The van der Waals surface area contributed by atoms with Crippen molar-refractivity contribution in [1.82, 2.24) is 0 Å². The number of hydrogen-bond donors (Lipinski definition) is 1. The molecule has 0 rings (SSSR count). The van der Waals surface area contributed by atoms with E-state index in [-0.39, 0.29) is 6.42 Å². The lowest BCUT2D eigenvalue weighted by Gasteiger charge is -2.44. The molecule has 0 saturated heterocycles. The first-order valence-electron chi connectivity index (χ1n) is 7.29. The van der Waals surface area contributed by atoms with E-state index in [0.717, 1.165) is 6.54 Å². The van der Waals surface area contributed by atoms with E-state index in [1.165, 1.54) is 0 Å². The van der Waals surface area contributed by atoms with Crippen molar-refractivity contribution in [3.8, 4) is 0 Å². The fourth-order valence-corrected chi connectivity index (χ4v) is 1.53. The van der Waals surface area contributed by atoms with E-state index in [1.807, 2.05) is 42.2 Å². The number of aliphatic hydroxyl groups excluding tert-OH is 1. The molecule has 22 heavy (non-hydrogen) atoms. The van der Waals surface area contributed by atoms with Gasteiger partial charge in [0.15, 0.2) is 0 Å². The molecule has 0 aromatic carbocycles. The molecule has 0 spiro atoms. The number of carbonyl (C=O) groups is 2. The van der Waals surface area contributed by atoms with Crippen LogP contribution >= 0.6 is 0 Å². The molecule has 0 heterocycles. The van der Waals surface area contributed by atoms with Crippen molar-refractivity contribution in [2.45, 2.75) is 38.8 Å². The van der Waals surface area contributed by atoms with Crippen LogP contribution < -0.4 is 10.2 Å². The van der Waals surface area contributed by atoms with Gasteiger partial charge in [0.2, 0.25) is 0 Å². The average molecular weight is 320 g/mol. The number of aliphatic hydroxyl groups is 1. The third kappa shape index (κ3) is 8.96. The van der Waals surface area contributed by atoms with E-state index in [4.69, 9.17) is 5.11 Å². The number of hydrogen-bond acceptors (Lipinski definition) is 5. The van der Waals surface area contributed by atoms with Crippen LogP contribution in [0.25, 0.3) is 0 Å². The summed E-state index contributed by atoms with van der Waals surface area (Å²) in [5.41, 5.74) is -0.811. The monoisotopic (exact) mass is 320 g/mol. The van der Waals surface area contributed by atoms with Crippen LogP contribution in [0.1, 0.15) is 27.2 Å². The van der Waals surface area contributed by atoms with Crippen molar-refractivity contribution < 1.29 is 33.9 Å². The largest absolute Gasteiger partial charge is 0.550 e. The van der Waals surface area contributed by atoms with Crippen molar-refractivity contribution in [2.24, 2.45) is 0 Å². The Morgan fingerprint density at radius 2 is 1.50 bits per heavy atom. The summed E-state index contributed by atoms with van der Waals surface area (Å²) in [5, 5.41) is 29.8. The zero-order chi connectivity index (χ0) is 18.4. The molecule has 1 atom stereocenters. The third-order valence-electron chi connectivity index (χ3n) is 3.96. The fourth-order valence-electron chi connectivity index (χ4n) is 1.53. The normalized spacial score (nSPS) is 13.9. The molecule has 0 aliphatic heterocycles. The van der Waals surface area contributed by atoms with E-state index in [0.29, 0.717) is 15.5 Å². The molecule has 1 unspecified atom stereocenters. The predicted octanol–water partition coefficient (Wildman–Crippen LogP) is -2.20. The summed E-state index contributed by atoms with van der Waals surface area (Å²) in [5.74, 6) is -2.20. The van der Waals surface area contributed by atoms with Gasteiger partial charge in [0, 0.05) is 12.4 Å². The Kier molecular flexibility index (Phi) is 8.87. The second kappa shape index (κ2) is 8.45. The molecular formula is C15H32N2O5. The van der Waals surface area contributed by atoms with E-state index in [9.17, 15) is 19.8 Å². The summed E-state index contributed by atoms with van der Waals surface area (Å²) in [6, 6.07) is 0. The highest BCUT2D eigenvalue weighted by atomic mass is 16.4. The number of quaternary nitrogens is 2. The number of rotatable bonds is 7. The summed E-state index contributed by atoms with van der Waals surface area (Å²) < 4.78 is 0.990. The van der Waals surface area contributed by atoms with Gasteiger partial charge in [0.05, 0.1) is 41.8 Å². The minimum atomic E-state index is -1.20. The first kappa shape index (κ1) is 23.1. The Labute approximate surface area is 133 Å². The molecule has 0 radical (unpaired) electrons. The molecule has 0 aliphatic carbocycles. The summed E-state index contributed by atoms with van der Waals surface area (Å²) in [6.45, 7) is 6.54. The lowest BCUT2D eigenvalue weighted by molar-refractivity contribution is -0.928. The second-order valence-electron chi connectivity index (χ2n) is 7.55. The van der Waals surface area contributed by atoms with Crippen LogP contribution in [-0.4, -0.2) is 86.0 Å². The number of likely N-dealkylation sites (N-methyl/N-ethyl adjacent to an activating group) is 2. The molecule has 0 saturated carbocycles. The van der Waals surface area contributed by atoms with Crippen LogP contribution in [0.5, 0.6) is 0 Å². The Morgan fingerprint density at radius 1 is 1.09 bits per heavy atom. The minimum absolute atomic E-state index is 0.282. The number of carboxylic acid groups (broad SMARTS) is 2. The number of carbonyl (C=O) groups excluding carboxylic acids is 2. The van der Waals surface area contributed by atoms with Crippen molar-refractivity contribution in [3.05, 3.63) is 0 Å². The Morgan fingerprint density at radius 3 is 1.68 bits per heavy atom. The van der Waals surface area contributed by atoms with Crippen LogP contribution in [-0.2, 0) is 9.59 Å². The average Bonchev–Trinajstić information content (AvgIpc) is 2.25. The van der Waals surface area contributed by atoms with Crippen LogP contribution in [0.15, 0.2) is 0 Å². The van der Waals surface area contributed by atoms with Crippen molar-refractivity contribution >= 4 is 11.9 Å². The van der Waals surface area contributed by atoms with Crippen LogP contribution in [0.3, 0.4) is 0 Å². The molecule has 7 heteroatoms. The molecule has 0 aliphatic rings. The molecule has 7 nitrogen and oxygen atoms in total. The Hall–Kier alpha value is -1.18. The van der Waals surface area contributed by atoms with E-state index in [2.05, 4.69) is 0 Å². The Balaban J connectivity index is 0. The van der Waals surface area contributed by atoms with Gasteiger partial charge in [-0.25, -0.2) is 0 Å². The minimum Gasteiger partial charge on any atom is -0.550 e. The summed E-state index contributed by atoms with van der Waals surface area (Å²) in [4.78, 5) is 20.7. The lowest BCUT2D eigenvalue weighted by atomic mass is 10.0. The highest BCUT2D eigenvalue weighted by Gasteiger charge is 2.36. The standard InChI is InChI=1S/C8H17NO2.C7H15NO3/c1-6-9(4,5)8(2,3)7(10)11;1-8(2,3)5-6(9)4-7(10)11/h6H2,1-5H3;6,9H,4-5H2,1-3H3. The quantitative estimate of drug-likeness (QED) is 0.537. The molecule has 132 valence electrons. The first-order valence-corrected chi connectivity index (χ1v) is 7.29. The molecule has 0 bridgehead atoms. The van der Waals surface area contributed by atoms with Crippen LogP contribution in [0.2, 0.25) is 0 Å². The molecular weight excluding hydrogens is 288 g/mol. The second-order valence-corrected chi connectivity index (χ2v) is 7.55. The summed E-state index contributed by atoms with van der Waals surface area (Å²) in [7, 11) is 9.43. The van der Waals surface area contributed by atoms with Crippen molar-refractivity contribution in [2.75, 3.05) is 48.3 Å². The zero-order valence-electron chi connectivity index (χ0n) is 15.2. The Bertz CT molecular complexity index is 373. The van der Waals surface area contributed by atoms with Crippen LogP contribution in [0, 0.1) is 0 Å². The third-order valence-corrected chi connectivity index (χ3v) is 3.96. The van der Waals surface area contributed by atoms with Crippen molar-refractivity contribution in [1.29, 1.82) is 0 Å². The molecule has 1 N–H and O–H groups in total. The maximum absolute atomic E-state index is 10.7. The fraction of sp³-hybridized carbons (Fsp3) is 0.867. The first-order chi connectivity index (χ1) is 9.56. The van der Waals surface area contributed by atoms with Gasteiger partial charge in [0.25, 0.3) is 0 Å². The molecule has 0 aromatic heterocycles. The van der Waals surface area contributed by atoms with Gasteiger partial charge < -0.3 is 33.9 Å². The maximum atomic E-state index is 10.7. The number of carboxylic acids is 2. The molecule has 0 aromatic rings. The summed E-state index contributed by atoms with van der Waals surface area (Å²) >= 11 is 0. The van der Waals surface area contributed by atoms with Gasteiger partial charge in [-0.05, 0) is 20.8 Å². The summed E-state index contributed by atoms with van der Waals surface area (Å²) in [6.07, 6.45) is -1.09. The SMILES string of the molecule is CC[N+](C)(C)C(C)(C)C(=O)[O-].C[N+](C)(C)CC(O)CC(=O)[O-]. The van der Waals surface area contributed by atoms with Gasteiger partial charge in [-0.15, -0.1) is 0 Å².